The molecule has 3 N–H and O–H groups in total. The number of carbonyl (C=O) groups is 1. The van der Waals surface area contributed by atoms with Crippen molar-refractivity contribution in [2.75, 3.05) is 0 Å². The van der Waals surface area contributed by atoms with E-state index in [1.54, 1.807) is 12.4 Å². The molecular formula is C13H19N3OS. The summed E-state index contributed by atoms with van der Waals surface area (Å²) in [6.07, 6.45) is 4.62. The fourth-order valence-electron chi connectivity index (χ4n) is 1.88. The van der Waals surface area contributed by atoms with Gasteiger partial charge in [-0.1, -0.05) is 26.1 Å². The van der Waals surface area contributed by atoms with Gasteiger partial charge in [-0.3, -0.25) is 9.78 Å². The highest BCUT2D eigenvalue weighted by molar-refractivity contribution is 7.80. The van der Waals surface area contributed by atoms with Crippen LogP contribution in [0.15, 0.2) is 24.5 Å². The second-order valence-electron chi connectivity index (χ2n) is 4.19. The maximum absolute atomic E-state index is 12.2. The van der Waals surface area contributed by atoms with E-state index in [2.05, 4.69) is 10.3 Å². The Morgan fingerprint density at radius 1 is 1.39 bits per heavy atom. The van der Waals surface area contributed by atoms with Gasteiger partial charge in [0.15, 0.2) is 0 Å². The van der Waals surface area contributed by atoms with Crippen LogP contribution in [-0.4, -0.2) is 15.9 Å². The van der Waals surface area contributed by atoms with Gasteiger partial charge in [0.1, 0.15) is 0 Å². The van der Waals surface area contributed by atoms with Crippen LogP contribution >= 0.6 is 12.2 Å². The molecule has 0 aliphatic carbocycles. The minimum Gasteiger partial charge on any atom is -0.392 e. The van der Waals surface area contributed by atoms with E-state index >= 15 is 0 Å². The standard InChI is InChI=1S/C13H19N3OS/c1-3-13(4-2,11(14)18)12(17)16-9-10-5-7-15-8-6-10/h5-8H,3-4,9H2,1-2H3,(H2,14,18)(H,16,17). The molecule has 0 saturated heterocycles. The molecule has 0 aliphatic rings. The Labute approximate surface area is 113 Å². The number of hydrogen-bond donors (Lipinski definition) is 2. The monoisotopic (exact) mass is 265 g/mol. The second kappa shape index (κ2) is 6.44. The van der Waals surface area contributed by atoms with Crippen LogP contribution in [0.4, 0.5) is 0 Å². The highest BCUT2D eigenvalue weighted by Gasteiger charge is 2.37. The van der Waals surface area contributed by atoms with Gasteiger partial charge in [0.2, 0.25) is 5.91 Å². The van der Waals surface area contributed by atoms with E-state index in [-0.39, 0.29) is 10.9 Å². The lowest BCUT2D eigenvalue weighted by atomic mass is 9.81. The quantitative estimate of drug-likeness (QED) is 0.770. The van der Waals surface area contributed by atoms with Crippen molar-refractivity contribution in [2.45, 2.75) is 33.2 Å². The van der Waals surface area contributed by atoms with Crippen molar-refractivity contribution in [3.8, 4) is 0 Å². The highest BCUT2D eigenvalue weighted by atomic mass is 32.1. The molecule has 18 heavy (non-hydrogen) atoms. The molecule has 1 aromatic heterocycles. The van der Waals surface area contributed by atoms with Gasteiger partial charge in [0.25, 0.3) is 0 Å². The van der Waals surface area contributed by atoms with Crippen molar-refractivity contribution in [1.82, 2.24) is 10.3 Å². The number of aromatic nitrogens is 1. The molecule has 1 amide bonds. The van der Waals surface area contributed by atoms with Gasteiger partial charge in [0, 0.05) is 18.9 Å². The van der Waals surface area contributed by atoms with Crippen molar-refractivity contribution in [3.05, 3.63) is 30.1 Å². The average Bonchev–Trinajstić information content (AvgIpc) is 2.39. The van der Waals surface area contributed by atoms with E-state index in [4.69, 9.17) is 18.0 Å². The summed E-state index contributed by atoms with van der Waals surface area (Å²) < 4.78 is 0. The van der Waals surface area contributed by atoms with Crippen molar-refractivity contribution in [2.24, 2.45) is 11.1 Å². The third kappa shape index (κ3) is 3.04. The first-order valence-electron chi connectivity index (χ1n) is 6.04. The summed E-state index contributed by atoms with van der Waals surface area (Å²) in [5, 5.41) is 2.89. The molecule has 1 rings (SSSR count). The van der Waals surface area contributed by atoms with E-state index in [9.17, 15) is 4.79 Å². The topological polar surface area (TPSA) is 68.0 Å². The molecule has 0 atom stereocenters. The van der Waals surface area contributed by atoms with Crippen molar-refractivity contribution >= 4 is 23.1 Å². The van der Waals surface area contributed by atoms with Gasteiger partial charge in [0.05, 0.1) is 10.4 Å². The summed E-state index contributed by atoms with van der Waals surface area (Å²) >= 11 is 5.04. The van der Waals surface area contributed by atoms with E-state index in [0.717, 1.165) is 5.56 Å². The van der Waals surface area contributed by atoms with Crippen LogP contribution in [0.3, 0.4) is 0 Å². The number of hydrogen-bond acceptors (Lipinski definition) is 3. The van der Waals surface area contributed by atoms with Crippen LogP contribution in [0.2, 0.25) is 0 Å². The summed E-state index contributed by atoms with van der Waals surface area (Å²) in [5.41, 5.74) is 5.99. The molecule has 98 valence electrons. The van der Waals surface area contributed by atoms with Crippen LogP contribution in [0.1, 0.15) is 32.3 Å². The molecule has 0 fully saturated rings. The zero-order chi connectivity index (χ0) is 13.6. The van der Waals surface area contributed by atoms with Gasteiger partial charge < -0.3 is 11.1 Å². The number of carbonyl (C=O) groups excluding carboxylic acids is 1. The number of nitrogens with one attached hydrogen (secondary N) is 1. The number of nitrogens with zero attached hydrogens (tertiary/aromatic N) is 1. The molecule has 4 nitrogen and oxygen atoms in total. The maximum Gasteiger partial charge on any atom is 0.233 e. The van der Waals surface area contributed by atoms with E-state index in [1.165, 1.54) is 0 Å². The molecule has 0 bridgehead atoms. The summed E-state index contributed by atoms with van der Waals surface area (Å²) in [4.78, 5) is 16.4. The Kier molecular flexibility index (Phi) is 5.22. The largest absolute Gasteiger partial charge is 0.392 e. The third-order valence-electron chi connectivity index (χ3n) is 3.32. The molecule has 1 heterocycles. The maximum atomic E-state index is 12.2. The van der Waals surface area contributed by atoms with Crippen LogP contribution in [0.5, 0.6) is 0 Å². The van der Waals surface area contributed by atoms with Gasteiger partial charge >= 0.3 is 0 Å². The lowest BCUT2D eigenvalue weighted by molar-refractivity contribution is -0.128. The Hall–Kier alpha value is -1.49. The van der Waals surface area contributed by atoms with Gasteiger partial charge in [-0.15, -0.1) is 0 Å². The lowest BCUT2D eigenvalue weighted by Crippen LogP contribution is -2.48. The Morgan fingerprint density at radius 3 is 2.39 bits per heavy atom. The zero-order valence-electron chi connectivity index (χ0n) is 10.8. The van der Waals surface area contributed by atoms with Crippen molar-refractivity contribution in [1.29, 1.82) is 0 Å². The van der Waals surface area contributed by atoms with E-state index < -0.39 is 5.41 Å². The highest BCUT2D eigenvalue weighted by Crippen LogP contribution is 2.27. The normalized spacial score (nSPS) is 11.0. The number of nitrogens with two attached hydrogens (primary N) is 1. The third-order valence-corrected chi connectivity index (χ3v) is 3.71. The molecule has 0 radical (unpaired) electrons. The molecule has 0 aromatic carbocycles. The minimum absolute atomic E-state index is 0.100. The Balaban J connectivity index is 2.72. The summed E-state index contributed by atoms with van der Waals surface area (Å²) in [6, 6.07) is 3.72. The van der Waals surface area contributed by atoms with Crippen molar-refractivity contribution in [3.63, 3.8) is 0 Å². The first kappa shape index (κ1) is 14.6. The number of thiocarbonyl (C=S) groups is 1. The fraction of sp³-hybridized carbons (Fsp3) is 0.462. The molecule has 0 aliphatic heterocycles. The predicted molar refractivity (Wildman–Crippen MR) is 75.9 cm³/mol. The van der Waals surface area contributed by atoms with Gasteiger partial charge in [-0.2, -0.15) is 0 Å². The number of rotatable bonds is 6. The summed E-state index contributed by atoms with van der Waals surface area (Å²) in [5.74, 6) is -0.100. The average molecular weight is 265 g/mol. The van der Waals surface area contributed by atoms with Crippen molar-refractivity contribution < 1.29 is 4.79 Å². The SMILES string of the molecule is CCC(CC)(C(=O)NCc1ccncc1)C(N)=S. The molecular weight excluding hydrogens is 246 g/mol. The Morgan fingerprint density at radius 2 is 1.94 bits per heavy atom. The summed E-state index contributed by atoms with van der Waals surface area (Å²) in [7, 11) is 0. The minimum atomic E-state index is -0.734. The number of pyridine rings is 1. The lowest BCUT2D eigenvalue weighted by Gasteiger charge is -2.28. The molecule has 1 aromatic rings. The smallest absolute Gasteiger partial charge is 0.233 e. The van der Waals surface area contributed by atoms with E-state index in [1.807, 2.05) is 26.0 Å². The Bertz CT molecular complexity index is 416. The van der Waals surface area contributed by atoms with Gasteiger partial charge in [-0.25, -0.2) is 0 Å². The van der Waals surface area contributed by atoms with Crippen LogP contribution < -0.4 is 11.1 Å². The van der Waals surface area contributed by atoms with Crippen LogP contribution in [0, 0.1) is 5.41 Å². The molecule has 5 heteroatoms. The predicted octanol–water partition coefficient (Wildman–Crippen LogP) is 1.79. The molecule has 0 saturated carbocycles. The van der Waals surface area contributed by atoms with E-state index in [0.29, 0.717) is 19.4 Å². The fourth-order valence-corrected chi connectivity index (χ4v) is 2.27. The van der Waals surface area contributed by atoms with Crippen LogP contribution in [-0.2, 0) is 11.3 Å². The first-order valence-corrected chi connectivity index (χ1v) is 6.44. The summed E-state index contributed by atoms with van der Waals surface area (Å²) in [6.45, 7) is 4.31. The van der Waals surface area contributed by atoms with Gasteiger partial charge in [-0.05, 0) is 30.5 Å². The van der Waals surface area contributed by atoms with Crippen LogP contribution in [0.25, 0.3) is 0 Å². The number of amides is 1. The molecule has 0 spiro atoms. The zero-order valence-corrected chi connectivity index (χ0v) is 11.6. The second-order valence-corrected chi connectivity index (χ2v) is 4.63. The first-order chi connectivity index (χ1) is 8.56. The molecule has 0 unspecified atom stereocenters.